The van der Waals surface area contributed by atoms with Crippen molar-refractivity contribution in [2.24, 2.45) is 0 Å². The van der Waals surface area contributed by atoms with Crippen molar-refractivity contribution in [3.8, 4) is 0 Å². The molecule has 4 aromatic rings. The molecule has 0 radical (unpaired) electrons. The van der Waals surface area contributed by atoms with Crippen LogP contribution in [-0.4, -0.2) is 80.8 Å². The molecule has 0 aliphatic carbocycles. The van der Waals surface area contributed by atoms with E-state index in [0.29, 0.717) is 24.3 Å². The van der Waals surface area contributed by atoms with Gasteiger partial charge in [0, 0.05) is 50.7 Å². The maximum Gasteiger partial charge on any atom is 0.471 e. The number of aromatic amines is 1. The number of nitrogens with zero attached hydrogens (tertiary/aromatic N) is 3. The number of hydrogen-bond acceptors (Lipinski definition) is 7. The van der Waals surface area contributed by atoms with Gasteiger partial charge in [0.15, 0.2) is 6.29 Å². The van der Waals surface area contributed by atoms with Crippen molar-refractivity contribution in [3.05, 3.63) is 106 Å². The number of aromatic nitrogens is 2. The van der Waals surface area contributed by atoms with Gasteiger partial charge in [0.1, 0.15) is 6.04 Å². The van der Waals surface area contributed by atoms with Gasteiger partial charge in [-0.1, -0.05) is 60.7 Å². The summed E-state index contributed by atoms with van der Waals surface area (Å²) in [4.78, 5) is 43.3. The average molecular weight is 722 g/mol. The fourth-order valence-corrected chi connectivity index (χ4v) is 7.66. The third kappa shape index (κ3) is 7.80. The molecule has 11 nitrogen and oxygen atoms in total. The minimum Gasteiger partial charge on any atom is -0.392 e. The lowest BCUT2D eigenvalue weighted by Gasteiger charge is -2.40. The predicted octanol–water partition coefficient (Wildman–Crippen LogP) is 4.87. The molecule has 3 aliphatic rings. The Kier molecular flexibility index (Phi) is 10.5. The standard InChI is InChI=1S/C38H42F3N5O6/c39-38(40,41)36(49)45-17-3-6-32(45)34(48)42-21-24-7-13-27(14-8-24)35-51-29(20-33(52-35)26-11-9-25(23-47)10-12-26)22-44-18-15-28(16-19-44)46-31-5-2-1-4-30(31)43-37(46)50/h1-2,4-5,7-14,28-29,32-33,35,47H,3,6,15-23H2,(H,42,48)(H,43,50)/t29-,32+,33+,35+/m1/s1. The first kappa shape index (κ1) is 35.9. The zero-order valence-electron chi connectivity index (χ0n) is 28.6. The summed E-state index contributed by atoms with van der Waals surface area (Å²) in [5.41, 5.74) is 4.94. The van der Waals surface area contributed by atoms with Gasteiger partial charge in [0.25, 0.3) is 0 Å². The van der Waals surface area contributed by atoms with Crippen LogP contribution in [0.25, 0.3) is 11.0 Å². The number of para-hydroxylation sites is 2. The highest BCUT2D eigenvalue weighted by atomic mass is 19.4. The van der Waals surface area contributed by atoms with Crippen LogP contribution in [0.4, 0.5) is 13.2 Å². The summed E-state index contributed by atoms with van der Waals surface area (Å²) >= 11 is 0. The molecule has 14 heteroatoms. The molecule has 0 spiro atoms. The lowest BCUT2D eigenvalue weighted by molar-refractivity contribution is -0.253. The molecule has 7 rings (SSSR count). The average Bonchev–Trinajstić information content (AvgIpc) is 3.78. The second-order valence-electron chi connectivity index (χ2n) is 13.8. The SMILES string of the molecule is O=C(NCc1ccc([C@H]2O[C@@H](CN3CCC(n4c(=O)[nH]c5ccccc54)CC3)C[C@@H](c3ccc(CO)cc3)O2)cc1)[C@@H]1CCCN1C(=O)C(F)(F)F. The zero-order valence-corrected chi connectivity index (χ0v) is 28.6. The van der Waals surface area contributed by atoms with E-state index in [1.807, 2.05) is 77.4 Å². The normalized spacial score (nSPS) is 23.3. The first-order chi connectivity index (χ1) is 25.1. The van der Waals surface area contributed by atoms with E-state index in [2.05, 4.69) is 15.2 Å². The summed E-state index contributed by atoms with van der Waals surface area (Å²) in [6, 6.07) is 21.7. The van der Waals surface area contributed by atoms with Gasteiger partial charge in [-0.05, 0) is 54.5 Å². The molecule has 4 heterocycles. The number of alkyl halides is 3. The summed E-state index contributed by atoms with van der Waals surface area (Å²) in [6.45, 7) is 2.21. The van der Waals surface area contributed by atoms with E-state index in [0.717, 1.165) is 59.2 Å². The van der Waals surface area contributed by atoms with Gasteiger partial charge >= 0.3 is 17.8 Å². The number of likely N-dealkylation sites (tertiary alicyclic amines) is 2. The highest BCUT2D eigenvalue weighted by molar-refractivity contribution is 5.90. The number of rotatable bonds is 9. The fourth-order valence-electron chi connectivity index (χ4n) is 7.66. The molecule has 4 atom stereocenters. The summed E-state index contributed by atoms with van der Waals surface area (Å²) in [7, 11) is 0. The Hall–Kier alpha value is -4.50. The number of benzene rings is 3. The van der Waals surface area contributed by atoms with Crippen molar-refractivity contribution in [3.63, 3.8) is 0 Å². The van der Waals surface area contributed by atoms with E-state index < -0.39 is 30.3 Å². The van der Waals surface area contributed by atoms with Crippen molar-refractivity contribution in [2.45, 2.75) is 82.0 Å². The monoisotopic (exact) mass is 721 g/mol. The number of imidazole rings is 1. The van der Waals surface area contributed by atoms with Crippen LogP contribution in [-0.2, 0) is 32.2 Å². The maximum absolute atomic E-state index is 13.0. The first-order valence-corrected chi connectivity index (χ1v) is 17.7. The third-order valence-electron chi connectivity index (χ3n) is 10.4. The van der Waals surface area contributed by atoms with E-state index in [-0.39, 0.29) is 50.1 Å². The first-order valence-electron chi connectivity index (χ1n) is 17.7. The van der Waals surface area contributed by atoms with Crippen LogP contribution in [0.15, 0.2) is 77.6 Å². The summed E-state index contributed by atoms with van der Waals surface area (Å²) in [5.74, 6) is -2.61. The molecule has 3 aliphatic heterocycles. The number of amides is 2. The minimum absolute atomic E-state index is 0.0574. The lowest BCUT2D eigenvalue weighted by Crippen LogP contribution is -2.50. The summed E-state index contributed by atoms with van der Waals surface area (Å²) in [6.07, 6.45) is -3.37. The number of carbonyl (C=O) groups excluding carboxylic acids is 2. The van der Waals surface area contributed by atoms with Gasteiger partial charge < -0.3 is 34.7 Å². The van der Waals surface area contributed by atoms with Crippen molar-refractivity contribution in [2.75, 3.05) is 26.2 Å². The number of aliphatic hydroxyl groups is 1. The Bertz CT molecular complexity index is 1920. The molecule has 3 aromatic carbocycles. The molecule has 1 aromatic heterocycles. The summed E-state index contributed by atoms with van der Waals surface area (Å²) in [5, 5.41) is 12.2. The number of fused-ring (bicyclic) bond motifs is 1. The molecular formula is C38H42F3N5O6. The number of H-pyrrole nitrogens is 1. The number of hydrogen-bond donors (Lipinski definition) is 3. The molecule has 276 valence electrons. The highest BCUT2D eigenvalue weighted by Gasteiger charge is 2.47. The van der Waals surface area contributed by atoms with Gasteiger partial charge in [-0.15, -0.1) is 0 Å². The van der Waals surface area contributed by atoms with Crippen molar-refractivity contribution in [1.29, 1.82) is 0 Å². The quantitative estimate of drug-likeness (QED) is 0.225. The van der Waals surface area contributed by atoms with Crippen LogP contribution in [0, 0.1) is 0 Å². The van der Waals surface area contributed by atoms with Gasteiger partial charge in [0.05, 0.1) is 29.8 Å². The molecule has 0 unspecified atom stereocenters. The zero-order chi connectivity index (χ0) is 36.4. The Morgan fingerprint density at radius 1 is 0.885 bits per heavy atom. The van der Waals surface area contributed by atoms with Gasteiger partial charge in [0.2, 0.25) is 5.91 Å². The van der Waals surface area contributed by atoms with Crippen LogP contribution in [0.2, 0.25) is 0 Å². The number of aliphatic hydroxyl groups excluding tert-OH is 1. The van der Waals surface area contributed by atoms with Gasteiger partial charge in [-0.2, -0.15) is 13.2 Å². The number of piperidine rings is 1. The van der Waals surface area contributed by atoms with Crippen molar-refractivity contribution >= 4 is 22.8 Å². The van der Waals surface area contributed by atoms with Crippen molar-refractivity contribution in [1.82, 2.24) is 24.7 Å². The molecule has 0 saturated carbocycles. The van der Waals surface area contributed by atoms with Crippen LogP contribution in [0.1, 0.15) is 72.8 Å². The number of ether oxygens (including phenoxy) is 2. The molecule has 2 amide bonds. The van der Waals surface area contributed by atoms with Crippen LogP contribution < -0.4 is 11.0 Å². The van der Waals surface area contributed by atoms with E-state index >= 15 is 0 Å². The Morgan fingerprint density at radius 3 is 2.29 bits per heavy atom. The molecule has 3 N–H and O–H groups in total. The maximum atomic E-state index is 13.0. The minimum atomic E-state index is -5.03. The topological polar surface area (TPSA) is 129 Å². The lowest BCUT2D eigenvalue weighted by atomic mass is 9.98. The smallest absolute Gasteiger partial charge is 0.392 e. The summed E-state index contributed by atoms with van der Waals surface area (Å²) < 4.78 is 54.0. The second kappa shape index (κ2) is 15.2. The van der Waals surface area contributed by atoms with Gasteiger partial charge in [-0.3, -0.25) is 14.2 Å². The largest absolute Gasteiger partial charge is 0.471 e. The van der Waals surface area contributed by atoms with Gasteiger partial charge in [-0.25, -0.2) is 4.79 Å². The number of nitrogens with one attached hydrogen (secondary N) is 2. The van der Waals surface area contributed by atoms with E-state index in [1.165, 1.54) is 0 Å². The molecule has 3 saturated heterocycles. The van der Waals surface area contributed by atoms with Crippen LogP contribution >= 0.6 is 0 Å². The number of carbonyl (C=O) groups is 2. The Labute approximate surface area is 298 Å². The molecule has 0 bridgehead atoms. The predicted molar refractivity (Wildman–Crippen MR) is 185 cm³/mol. The second-order valence-corrected chi connectivity index (χ2v) is 13.8. The van der Waals surface area contributed by atoms with Crippen LogP contribution in [0.3, 0.4) is 0 Å². The molecule has 3 fully saturated rings. The highest BCUT2D eigenvalue weighted by Crippen LogP contribution is 2.39. The molecule has 52 heavy (non-hydrogen) atoms. The molecular weight excluding hydrogens is 679 g/mol. The fraction of sp³-hybridized carbons (Fsp3) is 0.447. The Morgan fingerprint density at radius 2 is 1.58 bits per heavy atom. The van der Waals surface area contributed by atoms with Crippen molar-refractivity contribution < 1.29 is 37.3 Å². The Balaban J connectivity index is 1.000. The third-order valence-corrected chi connectivity index (χ3v) is 10.4. The van der Waals surface area contributed by atoms with E-state index in [4.69, 9.17) is 9.47 Å². The van der Waals surface area contributed by atoms with Crippen LogP contribution in [0.5, 0.6) is 0 Å². The number of halogens is 3. The van der Waals surface area contributed by atoms with E-state index in [1.54, 1.807) is 0 Å². The van der Waals surface area contributed by atoms with E-state index in [9.17, 15) is 32.7 Å².